The van der Waals surface area contributed by atoms with Crippen molar-refractivity contribution in [1.29, 1.82) is 0 Å². The number of rotatable bonds is 17. The summed E-state index contributed by atoms with van der Waals surface area (Å²) in [5.41, 5.74) is 7.73. The summed E-state index contributed by atoms with van der Waals surface area (Å²) in [5, 5.41) is 3.41. The van der Waals surface area contributed by atoms with Crippen molar-refractivity contribution in [2.75, 3.05) is 39.5 Å². The molecule has 3 N–H and O–H groups in total. The minimum Gasteiger partial charge on any atom is -0.491 e. The number of allylic oxidation sites excluding steroid dienone is 1. The molecular weight excluding hydrogens is 885 g/mol. The second-order valence-corrected chi connectivity index (χ2v) is 21.2. The van der Waals surface area contributed by atoms with Crippen molar-refractivity contribution in [2.24, 2.45) is 27.4 Å². The predicted octanol–water partition coefficient (Wildman–Crippen LogP) is 11.6. The van der Waals surface area contributed by atoms with Crippen LogP contribution in [0.3, 0.4) is 0 Å². The number of hydrogen-bond acceptors (Lipinski definition) is 10. The Bertz CT molecular complexity index is 1870. The van der Waals surface area contributed by atoms with Crippen LogP contribution in [-0.4, -0.2) is 80.9 Å². The Labute approximate surface area is 405 Å². The van der Waals surface area contributed by atoms with Gasteiger partial charge in [0.15, 0.2) is 0 Å². The number of amides is 3. The van der Waals surface area contributed by atoms with Crippen LogP contribution in [0.5, 0.6) is 11.5 Å². The molecule has 2 aromatic carbocycles. The smallest absolute Gasteiger partial charge is 0.312 e. The summed E-state index contributed by atoms with van der Waals surface area (Å²) in [5.74, 6) is 0.822. The highest BCUT2D eigenvalue weighted by Crippen LogP contribution is 2.44. The first-order valence-electron chi connectivity index (χ1n) is 22.6. The zero-order valence-corrected chi connectivity index (χ0v) is 43.6. The van der Waals surface area contributed by atoms with E-state index in [4.69, 9.17) is 43.1 Å². The average Bonchev–Trinajstić information content (AvgIpc) is 3.18. The summed E-state index contributed by atoms with van der Waals surface area (Å²) in [7, 11) is 0. The standard InChI is InChI=1S/C26H38ClNO4.C12H15ClO2.C7H14N2O3.C6H12O/c1-8-31-24(30)10-9-13-28-16-20(26(5,6)7)19(15-23(28)29)18-11-12-22(21(27)14-18)32-17-25(2,3)4;1-12(2,3)8-15-11-5-4-9(7-14)6-10(11)13;1-2-12-6(10)4-3-5-9-7(8)11;1-6(2,3)4-5-7/h11-12,14,16,19H,8-10,13,15,17H2,1-7H3;4-7H,8H2,1-3H3;2-5H2,1H3,(H3,8,9,11);5H,4H2,1-3H3. The lowest BCUT2D eigenvalue weighted by Crippen LogP contribution is -2.36. The van der Waals surface area contributed by atoms with Crippen LogP contribution in [0, 0.1) is 21.7 Å². The van der Waals surface area contributed by atoms with E-state index in [9.17, 15) is 28.8 Å². The third-order valence-corrected chi connectivity index (χ3v) is 9.54. The van der Waals surface area contributed by atoms with Crippen LogP contribution in [0.15, 0.2) is 48.2 Å². The van der Waals surface area contributed by atoms with E-state index in [1.165, 1.54) is 5.57 Å². The van der Waals surface area contributed by atoms with E-state index in [1.54, 1.807) is 36.9 Å². The quantitative estimate of drug-likeness (QED) is 0.0880. The van der Waals surface area contributed by atoms with Gasteiger partial charge in [-0.3, -0.25) is 19.2 Å². The predicted molar refractivity (Wildman–Crippen MR) is 264 cm³/mol. The molecule has 1 aliphatic rings. The number of carbonyl (C=O) groups excluding carboxylic acids is 6. The van der Waals surface area contributed by atoms with Gasteiger partial charge in [0.2, 0.25) is 5.91 Å². The van der Waals surface area contributed by atoms with Crippen LogP contribution in [-0.2, 0) is 28.7 Å². The van der Waals surface area contributed by atoms with Gasteiger partial charge in [0.05, 0.1) is 36.5 Å². The lowest BCUT2D eigenvalue weighted by Gasteiger charge is -2.37. The molecule has 0 saturated carbocycles. The number of urea groups is 1. The minimum atomic E-state index is -0.571. The monoisotopic (exact) mass is 964 g/mol. The van der Waals surface area contributed by atoms with Gasteiger partial charge in [0.1, 0.15) is 24.1 Å². The zero-order chi connectivity index (χ0) is 50.9. The van der Waals surface area contributed by atoms with Crippen molar-refractivity contribution in [3.8, 4) is 11.5 Å². The molecule has 1 unspecified atom stereocenters. The molecule has 0 aliphatic carbocycles. The van der Waals surface area contributed by atoms with Gasteiger partial charge >= 0.3 is 18.0 Å². The molecule has 1 aliphatic heterocycles. The number of carbonyl (C=O) groups is 6. The second-order valence-electron chi connectivity index (χ2n) is 20.4. The van der Waals surface area contributed by atoms with Crippen molar-refractivity contribution < 1.29 is 47.7 Å². The Morgan fingerprint density at radius 1 is 0.758 bits per heavy atom. The van der Waals surface area contributed by atoms with Crippen LogP contribution in [0.25, 0.3) is 0 Å². The van der Waals surface area contributed by atoms with Crippen molar-refractivity contribution in [3.63, 3.8) is 0 Å². The van der Waals surface area contributed by atoms with Crippen LogP contribution in [0.4, 0.5) is 4.79 Å². The maximum absolute atomic E-state index is 12.9. The van der Waals surface area contributed by atoms with E-state index >= 15 is 0 Å². The van der Waals surface area contributed by atoms with Crippen LogP contribution in [0.2, 0.25) is 10.0 Å². The minimum absolute atomic E-state index is 0.0384. The van der Waals surface area contributed by atoms with Gasteiger partial charge in [-0.2, -0.15) is 0 Å². The average molecular weight is 965 g/mol. The van der Waals surface area contributed by atoms with Crippen molar-refractivity contribution in [2.45, 2.75) is 141 Å². The number of nitrogens with one attached hydrogen (secondary N) is 1. The Kier molecular flexibility index (Phi) is 27.8. The number of primary amides is 1. The largest absolute Gasteiger partial charge is 0.491 e. The molecule has 3 amide bonds. The van der Waals surface area contributed by atoms with E-state index in [0.29, 0.717) is 105 Å². The number of esters is 2. The van der Waals surface area contributed by atoms with Crippen LogP contribution >= 0.6 is 23.2 Å². The summed E-state index contributed by atoms with van der Waals surface area (Å²) in [6.07, 6.45) is 6.49. The summed E-state index contributed by atoms with van der Waals surface area (Å²) in [4.78, 5) is 67.5. The van der Waals surface area contributed by atoms with Gasteiger partial charge in [0.25, 0.3) is 0 Å². The highest BCUT2D eigenvalue weighted by molar-refractivity contribution is 6.32. The molecule has 1 atom stereocenters. The molecule has 2 aromatic rings. The van der Waals surface area contributed by atoms with Gasteiger partial charge in [0, 0.05) is 56.5 Å². The number of benzene rings is 2. The summed E-state index contributed by atoms with van der Waals surface area (Å²) in [6, 6.07) is 10.3. The lowest BCUT2D eigenvalue weighted by atomic mass is 9.73. The van der Waals surface area contributed by atoms with E-state index in [2.05, 4.69) is 72.4 Å². The van der Waals surface area contributed by atoms with Gasteiger partial charge in [-0.1, -0.05) is 112 Å². The normalized spacial score (nSPS) is 13.8. The molecule has 372 valence electrons. The van der Waals surface area contributed by atoms with Gasteiger partial charge in [-0.25, -0.2) is 4.79 Å². The number of nitrogens with two attached hydrogens (primary N) is 1. The van der Waals surface area contributed by atoms with E-state index < -0.39 is 6.03 Å². The fourth-order valence-corrected chi connectivity index (χ4v) is 6.12. The molecule has 15 heteroatoms. The number of aldehydes is 2. The molecule has 1 heterocycles. The Morgan fingerprint density at radius 3 is 1.65 bits per heavy atom. The molecule has 66 heavy (non-hydrogen) atoms. The maximum atomic E-state index is 12.9. The molecule has 3 rings (SSSR count). The SMILES string of the molecule is CC(C)(C)CC=O.CC(C)(C)COc1ccc(C=O)cc1Cl.CCOC(=O)CCCN1C=C(C(C)(C)C)C(c2ccc(OCC(C)(C)C)c(Cl)c2)CC1=O.CCOC(=O)CCCNC(N)=O. The van der Waals surface area contributed by atoms with Crippen molar-refractivity contribution >= 4 is 59.7 Å². The van der Waals surface area contributed by atoms with Gasteiger partial charge in [-0.05, 0) is 89.8 Å². The molecule has 0 radical (unpaired) electrons. The highest BCUT2D eigenvalue weighted by atomic mass is 35.5. The topological polar surface area (TPSA) is 181 Å². The van der Waals surface area contributed by atoms with E-state index in [-0.39, 0.29) is 45.4 Å². The molecule has 0 spiro atoms. The number of halogens is 2. The third kappa shape index (κ3) is 28.4. The van der Waals surface area contributed by atoms with E-state index in [1.807, 2.05) is 45.2 Å². The Balaban J connectivity index is 0.00000102. The Hall–Kier alpha value is -4.62. The lowest BCUT2D eigenvalue weighted by molar-refractivity contribution is -0.144. The molecule has 0 fully saturated rings. The summed E-state index contributed by atoms with van der Waals surface area (Å²) >= 11 is 12.5. The molecule has 0 aromatic heterocycles. The zero-order valence-electron chi connectivity index (χ0n) is 42.1. The molecule has 0 bridgehead atoms. The van der Waals surface area contributed by atoms with Gasteiger partial charge in [-0.15, -0.1) is 0 Å². The molecule has 13 nitrogen and oxygen atoms in total. The highest BCUT2D eigenvalue weighted by Gasteiger charge is 2.35. The van der Waals surface area contributed by atoms with Crippen LogP contribution < -0.4 is 20.5 Å². The Morgan fingerprint density at radius 2 is 1.26 bits per heavy atom. The van der Waals surface area contributed by atoms with Crippen LogP contribution in [0.1, 0.15) is 157 Å². The third-order valence-electron chi connectivity index (χ3n) is 8.95. The summed E-state index contributed by atoms with van der Waals surface area (Å²) < 4.78 is 21.1. The number of ether oxygens (including phenoxy) is 4. The fraction of sp³-hybridized carbons (Fsp3) is 0.608. The van der Waals surface area contributed by atoms with Gasteiger partial charge < -0.3 is 39.7 Å². The fourth-order valence-electron chi connectivity index (χ4n) is 5.64. The number of nitrogens with zero attached hydrogens (tertiary/aromatic N) is 1. The first-order chi connectivity index (χ1) is 30.5. The number of hydrogen-bond donors (Lipinski definition) is 2. The molecular formula is C51H79Cl2N3O10. The summed E-state index contributed by atoms with van der Waals surface area (Å²) in [6.45, 7) is 31.6. The first kappa shape index (κ1) is 61.4. The van der Waals surface area contributed by atoms with E-state index in [0.717, 1.165) is 18.1 Å². The van der Waals surface area contributed by atoms with Crippen molar-refractivity contribution in [1.82, 2.24) is 10.2 Å². The second kappa shape index (κ2) is 29.9. The maximum Gasteiger partial charge on any atom is 0.312 e. The molecule has 0 saturated heterocycles. The van der Waals surface area contributed by atoms with Crippen molar-refractivity contribution in [3.05, 3.63) is 69.3 Å². The first-order valence-corrected chi connectivity index (χ1v) is 23.3.